The van der Waals surface area contributed by atoms with Crippen LogP contribution in [0.2, 0.25) is 0 Å². The van der Waals surface area contributed by atoms with Crippen molar-refractivity contribution in [3.8, 4) is 0 Å². The highest BCUT2D eigenvalue weighted by molar-refractivity contribution is 8.77. The van der Waals surface area contributed by atoms with E-state index in [1.165, 1.54) is 21.6 Å². The Morgan fingerprint density at radius 1 is 0.852 bits per heavy atom. The standard InChI is InChI=1S/C21H18O4S2/c1-21(2,14-9-4-3-5-10-14)27-26-16-12-13-8-6-7-11-15(13)17(19(22)23)18(16)20(24)25/h3-12H,1-2H3,(H,22,23)(H,24,25). The van der Waals surface area contributed by atoms with E-state index in [1.54, 1.807) is 24.3 Å². The fourth-order valence-corrected chi connectivity index (χ4v) is 5.41. The van der Waals surface area contributed by atoms with Gasteiger partial charge in [0.15, 0.2) is 0 Å². The van der Waals surface area contributed by atoms with E-state index >= 15 is 0 Å². The van der Waals surface area contributed by atoms with Crippen LogP contribution in [0.3, 0.4) is 0 Å². The Morgan fingerprint density at radius 3 is 2.07 bits per heavy atom. The smallest absolute Gasteiger partial charge is 0.337 e. The molecule has 0 saturated carbocycles. The first-order valence-electron chi connectivity index (χ1n) is 8.25. The SMILES string of the molecule is CC(C)(SSc1cc2ccccc2c(C(=O)O)c1C(=O)O)c1ccccc1. The third kappa shape index (κ3) is 3.96. The molecule has 0 amide bonds. The van der Waals surface area contributed by atoms with E-state index in [2.05, 4.69) is 13.8 Å². The maximum absolute atomic E-state index is 11.9. The second-order valence-corrected chi connectivity index (χ2v) is 9.29. The molecule has 0 fully saturated rings. The van der Waals surface area contributed by atoms with Crippen LogP contribution in [0, 0.1) is 0 Å². The van der Waals surface area contributed by atoms with Crippen molar-refractivity contribution in [2.24, 2.45) is 0 Å². The molecule has 6 heteroatoms. The minimum Gasteiger partial charge on any atom is -0.478 e. The molecule has 0 aliphatic carbocycles. The van der Waals surface area contributed by atoms with Crippen molar-refractivity contribution < 1.29 is 19.8 Å². The van der Waals surface area contributed by atoms with Crippen LogP contribution in [-0.4, -0.2) is 22.2 Å². The molecule has 138 valence electrons. The maximum atomic E-state index is 11.9. The Hall–Kier alpha value is -2.44. The lowest BCUT2D eigenvalue weighted by atomic mass is 9.99. The fourth-order valence-electron chi connectivity index (χ4n) is 2.86. The zero-order valence-corrected chi connectivity index (χ0v) is 16.4. The topological polar surface area (TPSA) is 74.6 Å². The molecule has 0 aromatic heterocycles. The average molecular weight is 399 g/mol. The molecule has 2 N–H and O–H groups in total. The first-order valence-corrected chi connectivity index (χ1v) is 10.4. The first kappa shape index (κ1) is 19.3. The fraction of sp³-hybridized carbons (Fsp3) is 0.143. The highest BCUT2D eigenvalue weighted by Gasteiger charge is 2.27. The molecule has 0 radical (unpaired) electrons. The van der Waals surface area contributed by atoms with Crippen molar-refractivity contribution in [3.63, 3.8) is 0 Å². The van der Waals surface area contributed by atoms with Crippen molar-refractivity contribution in [2.75, 3.05) is 0 Å². The number of benzene rings is 3. The number of carboxylic acids is 2. The lowest BCUT2D eigenvalue weighted by Crippen LogP contribution is -2.12. The average Bonchev–Trinajstić information content (AvgIpc) is 2.65. The van der Waals surface area contributed by atoms with E-state index in [0.717, 1.165) is 5.56 Å². The zero-order valence-electron chi connectivity index (χ0n) is 14.8. The highest BCUT2D eigenvalue weighted by Crippen LogP contribution is 2.48. The van der Waals surface area contributed by atoms with Gasteiger partial charge in [-0.05, 0) is 36.2 Å². The van der Waals surface area contributed by atoms with Crippen LogP contribution in [0.25, 0.3) is 10.8 Å². The van der Waals surface area contributed by atoms with Crippen LogP contribution >= 0.6 is 21.6 Å². The van der Waals surface area contributed by atoms with Gasteiger partial charge in [-0.1, -0.05) is 76.2 Å². The molecule has 0 bridgehead atoms. The lowest BCUT2D eigenvalue weighted by Gasteiger charge is -2.24. The second kappa shape index (κ2) is 7.66. The van der Waals surface area contributed by atoms with Crippen LogP contribution in [0.15, 0.2) is 65.6 Å². The molecule has 0 heterocycles. The molecule has 0 saturated heterocycles. The first-order chi connectivity index (χ1) is 12.8. The molecule has 0 spiro atoms. The summed E-state index contributed by atoms with van der Waals surface area (Å²) >= 11 is 0. The number of hydrogen-bond acceptors (Lipinski definition) is 4. The summed E-state index contributed by atoms with van der Waals surface area (Å²) in [6.45, 7) is 4.11. The van der Waals surface area contributed by atoms with Gasteiger partial charge in [0, 0.05) is 9.64 Å². The van der Waals surface area contributed by atoms with Gasteiger partial charge in [-0.3, -0.25) is 0 Å². The van der Waals surface area contributed by atoms with Crippen molar-refractivity contribution >= 4 is 44.3 Å². The summed E-state index contributed by atoms with van der Waals surface area (Å²) in [5.74, 6) is -2.47. The summed E-state index contributed by atoms with van der Waals surface area (Å²) in [4.78, 5) is 24.2. The van der Waals surface area contributed by atoms with E-state index in [0.29, 0.717) is 15.7 Å². The Kier molecular flexibility index (Phi) is 5.48. The summed E-state index contributed by atoms with van der Waals surface area (Å²) in [5, 5.41) is 20.5. The van der Waals surface area contributed by atoms with Gasteiger partial charge in [0.2, 0.25) is 0 Å². The number of carbonyl (C=O) groups is 2. The second-order valence-electron chi connectivity index (χ2n) is 6.50. The summed E-state index contributed by atoms with van der Waals surface area (Å²) in [5.41, 5.74) is 0.780. The summed E-state index contributed by atoms with van der Waals surface area (Å²) < 4.78 is -0.281. The Labute approximate surface area is 165 Å². The normalized spacial score (nSPS) is 11.5. The molecule has 3 aromatic carbocycles. The Balaban J connectivity index is 2.07. The third-order valence-corrected chi connectivity index (χ3v) is 7.53. The van der Waals surface area contributed by atoms with Crippen LogP contribution in [0.1, 0.15) is 40.1 Å². The maximum Gasteiger partial charge on any atom is 0.337 e. The Bertz CT molecular complexity index is 1010. The monoisotopic (exact) mass is 398 g/mol. The molecule has 0 aliphatic rings. The van der Waals surface area contributed by atoms with Crippen molar-refractivity contribution in [1.82, 2.24) is 0 Å². The van der Waals surface area contributed by atoms with Gasteiger partial charge in [-0.2, -0.15) is 0 Å². The largest absolute Gasteiger partial charge is 0.478 e. The number of fused-ring (bicyclic) bond motifs is 1. The molecular formula is C21H18O4S2. The van der Waals surface area contributed by atoms with E-state index in [4.69, 9.17) is 0 Å². The van der Waals surface area contributed by atoms with Crippen LogP contribution in [0.4, 0.5) is 0 Å². The van der Waals surface area contributed by atoms with Gasteiger partial charge < -0.3 is 10.2 Å². The van der Waals surface area contributed by atoms with Gasteiger partial charge in [0.1, 0.15) is 0 Å². The number of hydrogen-bond donors (Lipinski definition) is 2. The summed E-state index contributed by atoms with van der Waals surface area (Å²) in [7, 11) is 2.80. The number of rotatable bonds is 6. The van der Waals surface area contributed by atoms with Crippen LogP contribution in [-0.2, 0) is 4.75 Å². The van der Waals surface area contributed by atoms with Crippen LogP contribution < -0.4 is 0 Å². The molecule has 0 aliphatic heterocycles. The van der Waals surface area contributed by atoms with Gasteiger partial charge >= 0.3 is 11.9 Å². The third-order valence-electron chi connectivity index (χ3n) is 4.25. The molecular weight excluding hydrogens is 380 g/mol. The summed E-state index contributed by atoms with van der Waals surface area (Å²) in [6, 6.07) is 18.6. The lowest BCUT2D eigenvalue weighted by molar-refractivity contribution is 0.0650. The van der Waals surface area contributed by atoms with Crippen molar-refractivity contribution in [1.29, 1.82) is 0 Å². The number of aromatic carboxylic acids is 2. The van der Waals surface area contributed by atoms with Crippen molar-refractivity contribution in [2.45, 2.75) is 23.5 Å². The predicted molar refractivity (Wildman–Crippen MR) is 111 cm³/mol. The van der Waals surface area contributed by atoms with Gasteiger partial charge in [0.05, 0.1) is 11.1 Å². The van der Waals surface area contributed by atoms with E-state index in [1.807, 2.05) is 36.4 Å². The molecule has 0 unspecified atom stereocenters. The minimum absolute atomic E-state index is 0.164. The molecule has 3 aromatic rings. The van der Waals surface area contributed by atoms with E-state index < -0.39 is 11.9 Å². The predicted octanol–water partition coefficient (Wildman–Crippen LogP) is 5.91. The Morgan fingerprint density at radius 2 is 1.44 bits per heavy atom. The van der Waals surface area contributed by atoms with Crippen molar-refractivity contribution in [3.05, 3.63) is 77.4 Å². The van der Waals surface area contributed by atoms with Gasteiger partial charge in [-0.25, -0.2) is 9.59 Å². The minimum atomic E-state index is -1.24. The molecule has 27 heavy (non-hydrogen) atoms. The highest BCUT2D eigenvalue weighted by atomic mass is 33.1. The quantitative estimate of drug-likeness (QED) is 0.503. The van der Waals surface area contributed by atoms with Gasteiger partial charge in [-0.15, -0.1) is 0 Å². The van der Waals surface area contributed by atoms with Crippen LogP contribution in [0.5, 0.6) is 0 Å². The molecule has 3 rings (SSSR count). The summed E-state index contributed by atoms with van der Waals surface area (Å²) in [6.07, 6.45) is 0. The zero-order chi connectivity index (χ0) is 19.6. The van der Waals surface area contributed by atoms with E-state index in [9.17, 15) is 19.8 Å². The molecule has 0 atom stereocenters. The molecule has 4 nitrogen and oxygen atoms in total. The van der Waals surface area contributed by atoms with E-state index in [-0.39, 0.29) is 15.9 Å². The number of carboxylic acid groups (broad SMARTS) is 2. The van der Waals surface area contributed by atoms with Gasteiger partial charge in [0.25, 0.3) is 0 Å².